The van der Waals surface area contributed by atoms with Crippen LogP contribution in [0, 0.1) is 21.8 Å². The third-order valence-corrected chi connectivity index (χ3v) is 5.42. The van der Waals surface area contributed by atoms with Crippen LogP contribution >= 0.6 is 38.5 Å². The summed E-state index contributed by atoms with van der Waals surface area (Å²) in [4.78, 5) is 0.163. The van der Waals surface area contributed by atoms with Gasteiger partial charge in [0.1, 0.15) is 6.07 Å². The molecule has 2 aromatic rings. The van der Waals surface area contributed by atoms with Gasteiger partial charge >= 0.3 is 0 Å². The Bertz CT molecular complexity index is 827. The van der Waals surface area contributed by atoms with Crippen molar-refractivity contribution in [2.45, 2.75) is 11.8 Å². The predicted octanol–water partition coefficient (Wildman–Crippen LogP) is 4.03. The smallest absolute Gasteiger partial charge is 0.261 e. The van der Waals surface area contributed by atoms with Crippen molar-refractivity contribution in [3.05, 3.63) is 55.6 Å². The van der Waals surface area contributed by atoms with Gasteiger partial charge in [0, 0.05) is 8.04 Å². The highest BCUT2D eigenvalue weighted by molar-refractivity contribution is 14.1. The molecule has 7 heteroatoms. The number of rotatable bonds is 3. The summed E-state index contributed by atoms with van der Waals surface area (Å²) in [7, 11) is -3.72. The molecule has 0 unspecified atom stereocenters. The second-order valence-corrected chi connectivity index (χ2v) is 8.10. The van der Waals surface area contributed by atoms with E-state index in [1.807, 2.05) is 35.6 Å². The van der Waals surface area contributed by atoms with Crippen LogP contribution in [0.3, 0.4) is 0 Å². The Balaban J connectivity index is 2.47. The number of halogens is 2. The first-order valence-electron chi connectivity index (χ1n) is 5.82. The lowest BCUT2D eigenvalue weighted by Crippen LogP contribution is -2.15. The van der Waals surface area contributed by atoms with Crippen molar-refractivity contribution in [3.63, 3.8) is 0 Å². The lowest BCUT2D eigenvalue weighted by atomic mass is 10.2. The summed E-state index contributed by atoms with van der Waals surface area (Å²) in [6.07, 6.45) is 0. The summed E-state index contributed by atoms with van der Waals surface area (Å²) in [6, 6.07) is 11.9. The fraction of sp³-hybridized carbons (Fsp3) is 0.0714. The summed E-state index contributed by atoms with van der Waals surface area (Å²) in [5.74, 6) is 0. The number of nitriles is 1. The molecule has 0 aliphatic carbocycles. The third kappa shape index (κ3) is 3.75. The zero-order valence-electron chi connectivity index (χ0n) is 10.9. The van der Waals surface area contributed by atoms with E-state index in [0.717, 1.165) is 10.0 Å². The largest absolute Gasteiger partial charge is 0.277 e. The van der Waals surface area contributed by atoms with Crippen molar-refractivity contribution < 1.29 is 8.42 Å². The quantitative estimate of drug-likeness (QED) is 0.679. The molecular weight excluding hydrogens is 467 g/mol. The molecule has 4 nitrogen and oxygen atoms in total. The first kappa shape index (κ1) is 16.3. The van der Waals surface area contributed by atoms with Gasteiger partial charge in [-0.25, -0.2) is 8.42 Å². The fourth-order valence-electron chi connectivity index (χ4n) is 1.68. The van der Waals surface area contributed by atoms with Crippen molar-refractivity contribution in [2.24, 2.45) is 0 Å². The Labute approximate surface area is 145 Å². The van der Waals surface area contributed by atoms with Crippen LogP contribution in [0.15, 0.2) is 45.8 Å². The van der Waals surface area contributed by atoms with Crippen molar-refractivity contribution in [3.8, 4) is 6.07 Å². The minimum Gasteiger partial charge on any atom is -0.277 e. The van der Waals surface area contributed by atoms with Gasteiger partial charge in [0.2, 0.25) is 0 Å². The Morgan fingerprint density at radius 1 is 1.24 bits per heavy atom. The molecule has 2 aromatic carbocycles. The average molecular weight is 477 g/mol. The maximum Gasteiger partial charge on any atom is 0.261 e. The summed E-state index contributed by atoms with van der Waals surface area (Å²) >= 11 is 5.28. The molecule has 21 heavy (non-hydrogen) atoms. The van der Waals surface area contributed by atoms with Crippen molar-refractivity contribution in [1.29, 1.82) is 5.26 Å². The summed E-state index contributed by atoms with van der Waals surface area (Å²) in [5.41, 5.74) is 1.54. The van der Waals surface area contributed by atoms with Crippen molar-refractivity contribution in [2.75, 3.05) is 4.72 Å². The summed E-state index contributed by atoms with van der Waals surface area (Å²) in [5, 5.41) is 9.16. The summed E-state index contributed by atoms with van der Waals surface area (Å²) in [6.45, 7) is 1.88. The lowest BCUT2D eigenvalue weighted by Gasteiger charge is -2.12. The topological polar surface area (TPSA) is 70.0 Å². The lowest BCUT2D eigenvalue weighted by molar-refractivity contribution is 0.601. The van der Waals surface area contributed by atoms with E-state index in [0.29, 0.717) is 9.26 Å². The molecule has 0 radical (unpaired) electrons. The molecular formula is C14H10BrIN2O2S. The maximum absolute atomic E-state index is 12.4. The molecule has 0 atom stereocenters. The Morgan fingerprint density at radius 2 is 1.86 bits per heavy atom. The molecule has 0 amide bonds. The van der Waals surface area contributed by atoms with Crippen LogP contribution in [0.2, 0.25) is 0 Å². The van der Waals surface area contributed by atoms with E-state index >= 15 is 0 Å². The minimum atomic E-state index is -3.72. The van der Waals surface area contributed by atoms with Gasteiger partial charge in [0.15, 0.2) is 0 Å². The molecule has 0 fully saturated rings. The number of benzene rings is 2. The molecule has 0 spiro atoms. The first-order chi connectivity index (χ1) is 9.83. The van der Waals surface area contributed by atoms with E-state index in [1.54, 1.807) is 24.3 Å². The van der Waals surface area contributed by atoms with Gasteiger partial charge in [-0.15, -0.1) is 0 Å². The zero-order chi connectivity index (χ0) is 15.6. The number of nitrogens with zero attached hydrogens (tertiary/aromatic N) is 1. The monoisotopic (exact) mass is 476 g/mol. The third-order valence-electron chi connectivity index (χ3n) is 2.74. The van der Waals surface area contributed by atoms with Gasteiger partial charge in [-0.1, -0.05) is 33.6 Å². The molecule has 0 aliphatic heterocycles. The normalized spacial score (nSPS) is 11.0. The van der Waals surface area contributed by atoms with Gasteiger partial charge in [-0.05, 0) is 53.8 Å². The molecule has 0 bridgehead atoms. The van der Waals surface area contributed by atoms with Crippen LogP contribution in [0.5, 0.6) is 0 Å². The molecule has 0 saturated carbocycles. The van der Waals surface area contributed by atoms with Crippen LogP contribution < -0.4 is 4.72 Å². The van der Waals surface area contributed by atoms with Gasteiger partial charge in [0.05, 0.1) is 16.1 Å². The number of hydrogen-bond acceptors (Lipinski definition) is 3. The van der Waals surface area contributed by atoms with E-state index in [1.165, 1.54) is 12.1 Å². The Kier molecular flexibility index (Phi) is 4.91. The van der Waals surface area contributed by atoms with Crippen LogP contribution in [0.1, 0.15) is 11.1 Å². The van der Waals surface area contributed by atoms with Crippen molar-refractivity contribution >= 4 is 54.2 Å². The Morgan fingerprint density at radius 3 is 2.43 bits per heavy atom. The van der Waals surface area contributed by atoms with E-state index in [4.69, 9.17) is 5.26 Å². The maximum atomic E-state index is 12.4. The number of nitrogens with one attached hydrogen (secondary N) is 1. The van der Waals surface area contributed by atoms with Gasteiger partial charge in [-0.2, -0.15) is 5.26 Å². The molecule has 0 aliphatic rings. The Hall–Kier alpha value is -1.11. The molecule has 2 rings (SSSR count). The molecule has 0 heterocycles. The van der Waals surface area contributed by atoms with E-state index < -0.39 is 10.0 Å². The number of aryl methyl sites for hydroxylation is 1. The number of anilines is 1. The molecule has 0 saturated heterocycles. The van der Waals surface area contributed by atoms with E-state index in [-0.39, 0.29) is 10.5 Å². The number of sulfonamides is 1. The molecule has 0 aromatic heterocycles. The SMILES string of the molecule is Cc1ccc(S(=O)(=O)Nc2c(I)cc(Br)cc2C#N)cc1. The zero-order valence-corrected chi connectivity index (χ0v) is 15.5. The fourth-order valence-corrected chi connectivity index (χ4v) is 4.61. The van der Waals surface area contributed by atoms with Crippen LogP contribution in [0.25, 0.3) is 0 Å². The molecule has 1 N–H and O–H groups in total. The second-order valence-electron chi connectivity index (χ2n) is 4.34. The predicted molar refractivity (Wildman–Crippen MR) is 93.6 cm³/mol. The van der Waals surface area contributed by atoms with Gasteiger partial charge < -0.3 is 0 Å². The molecule has 108 valence electrons. The van der Waals surface area contributed by atoms with Gasteiger partial charge in [-0.3, -0.25) is 4.72 Å². The van der Waals surface area contributed by atoms with Crippen LogP contribution in [-0.2, 0) is 10.0 Å². The highest BCUT2D eigenvalue weighted by Gasteiger charge is 2.18. The van der Waals surface area contributed by atoms with Gasteiger partial charge in [0.25, 0.3) is 10.0 Å². The number of hydrogen-bond donors (Lipinski definition) is 1. The average Bonchev–Trinajstić information content (AvgIpc) is 2.42. The highest BCUT2D eigenvalue weighted by Crippen LogP contribution is 2.29. The van der Waals surface area contributed by atoms with Crippen molar-refractivity contribution in [1.82, 2.24) is 0 Å². The second kappa shape index (κ2) is 6.34. The van der Waals surface area contributed by atoms with E-state index in [9.17, 15) is 8.42 Å². The standard InChI is InChI=1S/C14H10BrIN2O2S/c1-9-2-4-12(5-3-9)21(19,20)18-14-10(8-17)6-11(15)7-13(14)16/h2-7,18H,1H3. The minimum absolute atomic E-state index is 0.163. The van der Waals surface area contributed by atoms with Crippen LogP contribution in [0.4, 0.5) is 5.69 Å². The van der Waals surface area contributed by atoms with E-state index in [2.05, 4.69) is 20.7 Å². The van der Waals surface area contributed by atoms with Crippen LogP contribution in [-0.4, -0.2) is 8.42 Å². The first-order valence-corrected chi connectivity index (χ1v) is 9.17. The highest BCUT2D eigenvalue weighted by atomic mass is 127. The summed E-state index contributed by atoms with van der Waals surface area (Å²) < 4.78 is 28.6.